The summed E-state index contributed by atoms with van der Waals surface area (Å²) in [6.45, 7) is 5.51. The number of carbonyl (C=O) groups excluding carboxylic acids is 1. The highest BCUT2D eigenvalue weighted by molar-refractivity contribution is 5.80. The molecule has 2 N–H and O–H groups in total. The molecule has 2 rings (SSSR count). The molecule has 0 saturated carbocycles. The monoisotopic (exact) mass is 239 g/mol. The predicted octanol–water partition coefficient (Wildman–Crippen LogP) is 0.0576. The molecule has 1 aliphatic rings. The first-order valence-corrected chi connectivity index (χ1v) is 5.65. The summed E-state index contributed by atoms with van der Waals surface area (Å²) in [5.74, 6) is 0.372. The van der Waals surface area contributed by atoms with E-state index in [1.807, 2.05) is 24.8 Å². The van der Waals surface area contributed by atoms with Crippen LogP contribution in [0.15, 0.2) is 10.6 Å². The molecule has 1 fully saturated rings. The van der Waals surface area contributed by atoms with Crippen LogP contribution in [0.1, 0.15) is 18.4 Å². The zero-order valence-electron chi connectivity index (χ0n) is 10.0. The molecule has 0 radical (unpaired) electrons. The minimum atomic E-state index is -0.408. The van der Waals surface area contributed by atoms with Gasteiger partial charge in [0.2, 0.25) is 5.91 Å². The van der Waals surface area contributed by atoms with Crippen LogP contribution < -0.4 is 5.73 Å². The van der Waals surface area contributed by atoms with Crippen molar-refractivity contribution in [2.24, 2.45) is 5.73 Å². The summed E-state index contributed by atoms with van der Waals surface area (Å²) >= 11 is 0. The quantitative estimate of drug-likeness (QED) is 0.806. The zero-order chi connectivity index (χ0) is 12.4. The maximum absolute atomic E-state index is 11.4. The van der Waals surface area contributed by atoms with Crippen LogP contribution in [0.2, 0.25) is 0 Å². The summed E-state index contributed by atoms with van der Waals surface area (Å²) in [6.07, 6.45) is -0.190. The first-order chi connectivity index (χ1) is 8.08. The lowest BCUT2D eigenvalue weighted by atomic mass is 10.1. The number of aromatic nitrogens is 1. The number of hydrogen-bond acceptors (Lipinski definition) is 5. The minimum absolute atomic E-state index is 0.190. The maximum atomic E-state index is 11.4. The molecule has 2 atom stereocenters. The molecule has 0 spiro atoms. The number of nitrogens with zero attached hydrogens (tertiary/aromatic N) is 2. The number of ether oxygens (including phenoxy) is 1. The van der Waals surface area contributed by atoms with Crippen LogP contribution in [0.25, 0.3) is 0 Å². The van der Waals surface area contributed by atoms with Crippen molar-refractivity contribution < 1.29 is 14.1 Å². The van der Waals surface area contributed by atoms with Crippen molar-refractivity contribution in [1.29, 1.82) is 0 Å². The average Bonchev–Trinajstić information content (AvgIpc) is 2.63. The predicted molar refractivity (Wildman–Crippen MR) is 60.0 cm³/mol. The van der Waals surface area contributed by atoms with E-state index in [4.69, 9.17) is 15.0 Å². The molecule has 1 amide bonds. The Morgan fingerprint density at radius 1 is 1.71 bits per heavy atom. The van der Waals surface area contributed by atoms with Gasteiger partial charge in [-0.1, -0.05) is 5.16 Å². The molecule has 0 bridgehead atoms. The van der Waals surface area contributed by atoms with Crippen molar-refractivity contribution in [3.05, 3.63) is 17.5 Å². The van der Waals surface area contributed by atoms with Crippen LogP contribution in [-0.2, 0) is 16.1 Å². The Bertz CT molecular complexity index is 404. The van der Waals surface area contributed by atoms with Crippen LogP contribution in [-0.4, -0.2) is 41.3 Å². The standard InChI is InChI=1S/C11H17N3O3/c1-7-5-9(17-13-7)6-14-3-4-16-8(2)10(14)11(12)15/h5,8,10H,3-4,6H2,1-2H3,(H2,12,15)/t8-,10+/m1/s1. The highest BCUT2D eigenvalue weighted by Crippen LogP contribution is 2.17. The first-order valence-electron chi connectivity index (χ1n) is 5.65. The van der Waals surface area contributed by atoms with E-state index in [1.165, 1.54) is 0 Å². The molecule has 17 heavy (non-hydrogen) atoms. The van der Waals surface area contributed by atoms with Gasteiger partial charge in [0.05, 0.1) is 24.9 Å². The number of rotatable bonds is 3. The normalized spacial score (nSPS) is 26.0. The van der Waals surface area contributed by atoms with Gasteiger partial charge < -0.3 is 15.0 Å². The molecule has 1 aromatic heterocycles. The Kier molecular flexibility index (Phi) is 3.44. The summed E-state index contributed by atoms with van der Waals surface area (Å²) in [6, 6.07) is 1.45. The van der Waals surface area contributed by atoms with Gasteiger partial charge in [-0.05, 0) is 13.8 Å². The summed E-state index contributed by atoms with van der Waals surface area (Å²) in [7, 11) is 0. The number of nitrogens with two attached hydrogens (primary N) is 1. The van der Waals surface area contributed by atoms with E-state index in [9.17, 15) is 4.79 Å². The Labute approximate surface area is 99.7 Å². The fraction of sp³-hybridized carbons (Fsp3) is 0.636. The summed E-state index contributed by atoms with van der Waals surface area (Å²) in [5.41, 5.74) is 6.23. The molecule has 1 saturated heterocycles. The molecule has 0 aliphatic carbocycles. The second kappa shape index (κ2) is 4.85. The number of primary amides is 1. The average molecular weight is 239 g/mol. The van der Waals surface area contributed by atoms with Gasteiger partial charge in [-0.25, -0.2) is 0 Å². The fourth-order valence-corrected chi connectivity index (χ4v) is 2.16. The highest BCUT2D eigenvalue weighted by Gasteiger charge is 2.34. The highest BCUT2D eigenvalue weighted by atomic mass is 16.5. The number of amides is 1. The van der Waals surface area contributed by atoms with Gasteiger partial charge in [-0.2, -0.15) is 0 Å². The minimum Gasteiger partial charge on any atom is -0.375 e. The molecule has 6 nitrogen and oxygen atoms in total. The van der Waals surface area contributed by atoms with E-state index in [0.717, 1.165) is 11.5 Å². The fourth-order valence-electron chi connectivity index (χ4n) is 2.16. The van der Waals surface area contributed by atoms with E-state index >= 15 is 0 Å². The second-order valence-electron chi connectivity index (χ2n) is 4.33. The van der Waals surface area contributed by atoms with Crippen molar-refractivity contribution in [2.75, 3.05) is 13.2 Å². The van der Waals surface area contributed by atoms with E-state index in [-0.39, 0.29) is 12.0 Å². The molecular formula is C11H17N3O3. The lowest BCUT2D eigenvalue weighted by Crippen LogP contribution is -2.55. The smallest absolute Gasteiger partial charge is 0.237 e. The molecular weight excluding hydrogens is 222 g/mol. The van der Waals surface area contributed by atoms with Gasteiger partial charge in [0, 0.05) is 12.6 Å². The molecule has 0 unspecified atom stereocenters. The molecule has 6 heteroatoms. The van der Waals surface area contributed by atoms with E-state index < -0.39 is 6.04 Å². The van der Waals surface area contributed by atoms with Crippen molar-refractivity contribution in [3.8, 4) is 0 Å². The van der Waals surface area contributed by atoms with Crippen LogP contribution in [0.4, 0.5) is 0 Å². The SMILES string of the molecule is Cc1cc(CN2CCO[C@H](C)[C@H]2C(N)=O)on1. The second-order valence-corrected chi connectivity index (χ2v) is 4.33. The third kappa shape index (κ3) is 2.65. The zero-order valence-corrected chi connectivity index (χ0v) is 10.0. The van der Waals surface area contributed by atoms with Crippen molar-refractivity contribution in [3.63, 3.8) is 0 Å². The number of morpholine rings is 1. The van der Waals surface area contributed by atoms with Gasteiger partial charge >= 0.3 is 0 Å². The topological polar surface area (TPSA) is 81.6 Å². The lowest BCUT2D eigenvalue weighted by molar-refractivity contribution is -0.136. The van der Waals surface area contributed by atoms with Crippen LogP contribution in [0.3, 0.4) is 0 Å². The van der Waals surface area contributed by atoms with Crippen molar-refractivity contribution in [1.82, 2.24) is 10.1 Å². The van der Waals surface area contributed by atoms with Crippen molar-refractivity contribution >= 4 is 5.91 Å². The third-order valence-corrected chi connectivity index (χ3v) is 2.92. The van der Waals surface area contributed by atoms with Gasteiger partial charge in [0.1, 0.15) is 6.04 Å². The summed E-state index contributed by atoms with van der Waals surface area (Å²) in [4.78, 5) is 13.4. The Balaban J connectivity index is 2.09. The molecule has 2 heterocycles. The van der Waals surface area contributed by atoms with Gasteiger partial charge in [0.25, 0.3) is 0 Å². The number of hydrogen-bond donors (Lipinski definition) is 1. The Morgan fingerprint density at radius 2 is 2.47 bits per heavy atom. The molecule has 1 aliphatic heterocycles. The lowest BCUT2D eigenvalue weighted by Gasteiger charge is -2.37. The number of carbonyl (C=O) groups is 1. The van der Waals surface area contributed by atoms with Crippen molar-refractivity contribution in [2.45, 2.75) is 32.5 Å². The summed E-state index contributed by atoms with van der Waals surface area (Å²) in [5, 5.41) is 3.82. The van der Waals surface area contributed by atoms with Gasteiger partial charge in [-0.15, -0.1) is 0 Å². The van der Waals surface area contributed by atoms with Crippen LogP contribution in [0.5, 0.6) is 0 Å². The van der Waals surface area contributed by atoms with Crippen LogP contribution >= 0.6 is 0 Å². The van der Waals surface area contributed by atoms with Gasteiger partial charge in [-0.3, -0.25) is 9.69 Å². The molecule has 0 aromatic carbocycles. The summed E-state index contributed by atoms with van der Waals surface area (Å²) < 4.78 is 10.6. The largest absolute Gasteiger partial charge is 0.375 e. The van der Waals surface area contributed by atoms with Gasteiger partial charge in [0.15, 0.2) is 5.76 Å². The molecule has 1 aromatic rings. The Hall–Kier alpha value is -1.40. The number of aryl methyl sites for hydroxylation is 1. The Morgan fingerprint density at radius 3 is 3.06 bits per heavy atom. The van der Waals surface area contributed by atoms with E-state index in [2.05, 4.69) is 5.16 Å². The van der Waals surface area contributed by atoms with E-state index in [1.54, 1.807) is 0 Å². The van der Waals surface area contributed by atoms with Crippen LogP contribution in [0, 0.1) is 6.92 Å². The molecule has 94 valence electrons. The van der Waals surface area contributed by atoms with E-state index in [0.29, 0.717) is 19.7 Å². The third-order valence-electron chi connectivity index (χ3n) is 2.92. The maximum Gasteiger partial charge on any atom is 0.237 e. The first kappa shape index (κ1) is 12.1.